The summed E-state index contributed by atoms with van der Waals surface area (Å²) in [6.45, 7) is 4.62. The zero-order chi connectivity index (χ0) is 15.7. The normalized spacial score (nSPS) is 12.1. The molecule has 0 aliphatic rings. The maximum Gasteiger partial charge on any atom is 0.416 e. The number of rotatable bonds is 3. The maximum absolute atomic E-state index is 12.6. The third-order valence-corrected chi connectivity index (χ3v) is 3.51. The second-order valence-electron chi connectivity index (χ2n) is 4.97. The van der Waals surface area contributed by atoms with E-state index in [-0.39, 0.29) is 10.7 Å². The second kappa shape index (κ2) is 5.40. The topological polar surface area (TPSA) is 55.1 Å². The number of nitrogens with one attached hydrogen (secondary N) is 1. The molecular weight excluding hydrogens is 289 g/mol. The van der Waals surface area contributed by atoms with Crippen LogP contribution in [-0.2, 0) is 11.0 Å². The fraction of sp³-hybridized carbons (Fsp3) is 0.385. The molecule has 3 N–H and O–H groups in total. The number of carbonyl (C=O) groups is 1. The van der Waals surface area contributed by atoms with Crippen molar-refractivity contribution in [2.45, 2.75) is 26.9 Å². The molecule has 1 aromatic carbocycles. The van der Waals surface area contributed by atoms with E-state index < -0.39 is 23.1 Å². The predicted molar refractivity (Wildman–Crippen MR) is 75.4 cm³/mol. The van der Waals surface area contributed by atoms with Gasteiger partial charge in [-0.05, 0) is 38.5 Å². The summed E-state index contributed by atoms with van der Waals surface area (Å²) in [6.07, 6.45) is -4.47. The van der Waals surface area contributed by atoms with Crippen molar-refractivity contribution in [3.05, 3.63) is 29.3 Å². The first-order valence-corrected chi connectivity index (χ1v) is 6.16. The lowest BCUT2D eigenvalue weighted by Gasteiger charge is -2.23. The van der Waals surface area contributed by atoms with Gasteiger partial charge in [-0.25, -0.2) is 0 Å². The van der Waals surface area contributed by atoms with E-state index in [0.29, 0.717) is 5.56 Å². The Morgan fingerprint density at radius 2 is 1.85 bits per heavy atom. The lowest BCUT2D eigenvalue weighted by Crippen LogP contribution is -2.41. The smallest absolute Gasteiger partial charge is 0.392 e. The number of aryl methyl sites for hydroxylation is 1. The summed E-state index contributed by atoms with van der Waals surface area (Å²) in [4.78, 5) is 12.0. The zero-order valence-electron chi connectivity index (χ0n) is 11.3. The number of hydrogen-bond donors (Lipinski definition) is 2. The van der Waals surface area contributed by atoms with Gasteiger partial charge in [-0.3, -0.25) is 4.79 Å². The Morgan fingerprint density at radius 3 is 2.30 bits per heavy atom. The first-order chi connectivity index (χ1) is 8.96. The van der Waals surface area contributed by atoms with Gasteiger partial charge in [0.05, 0.1) is 16.0 Å². The van der Waals surface area contributed by atoms with Crippen LogP contribution in [0.2, 0.25) is 0 Å². The average molecular weight is 304 g/mol. The SMILES string of the molecule is Cc1ccc(C(F)(F)F)cc1NC(=O)C(C)(C)C(N)=S. The molecule has 0 radical (unpaired) electrons. The molecule has 20 heavy (non-hydrogen) atoms. The minimum Gasteiger partial charge on any atom is -0.392 e. The van der Waals surface area contributed by atoms with E-state index in [1.54, 1.807) is 6.92 Å². The van der Waals surface area contributed by atoms with Crippen LogP contribution in [0, 0.1) is 12.3 Å². The van der Waals surface area contributed by atoms with Crippen molar-refractivity contribution in [2.75, 3.05) is 5.32 Å². The van der Waals surface area contributed by atoms with E-state index >= 15 is 0 Å². The number of halogens is 3. The molecule has 7 heteroatoms. The van der Waals surface area contributed by atoms with Gasteiger partial charge in [-0.2, -0.15) is 13.2 Å². The first kappa shape index (κ1) is 16.4. The maximum atomic E-state index is 12.6. The summed E-state index contributed by atoms with van der Waals surface area (Å²) in [7, 11) is 0. The summed E-state index contributed by atoms with van der Waals surface area (Å²) < 4.78 is 37.9. The van der Waals surface area contributed by atoms with Crippen LogP contribution in [0.15, 0.2) is 18.2 Å². The molecule has 1 aromatic rings. The molecule has 0 unspecified atom stereocenters. The Balaban J connectivity index is 3.10. The van der Waals surface area contributed by atoms with E-state index in [0.717, 1.165) is 12.1 Å². The van der Waals surface area contributed by atoms with Crippen LogP contribution in [0.5, 0.6) is 0 Å². The summed E-state index contributed by atoms with van der Waals surface area (Å²) in [5.41, 5.74) is 4.09. The number of carbonyl (C=O) groups excluding carboxylic acids is 1. The van der Waals surface area contributed by atoms with Crippen LogP contribution in [-0.4, -0.2) is 10.9 Å². The van der Waals surface area contributed by atoms with E-state index in [2.05, 4.69) is 5.32 Å². The number of nitrogens with two attached hydrogens (primary N) is 1. The highest BCUT2D eigenvalue weighted by Gasteiger charge is 2.33. The molecule has 1 rings (SSSR count). The van der Waals surface area contributed by atoms with Gasteiger partial charge >= 0.3 is 6.18 Å². The fourth-order valence-corrected chi connectivity index (χ4v) is 1.42. The monoisotopic (exact) mass is 304 g/mol. The standard InChI is InChI=1S/C13H15F3N2OS/c1-7-4-5-8(13(14,15)16)6-9(7)18-11(19)12(2,3)10(17)20/h4-6H,1-3H3,(H2,17,20)(H,18,19). The summed E-state index contributed by atoms with van der Waals surface area (Å²) in [6, 6.07) is 3.15. The van der Waals surface area contributed by atoms with E-state index in [1.807, 2.05) is 0 Å². The minimum atomic E-state index is -4.47. The first-order valence-electron chi connectivity index (χ1n) is 5.75. The highest BCUT2D eigenvalue weighted by Crippen LogP contribution is 2.32. The molecule has 0 bridgehead atoms. The average Bonchev–Trinajstić information content (AvgIpc) is 2.30. The molecule has 0 aliphatic carbocycles. The number of benzene rings is 1. The molecule has 1 amide bonds. The van der Waals surface area contributed by atoms with Gasteiger partial charge < -0.3 is 11.1 Å². The van der Waals surface area contributed by atoms with Gasteiger partial charge in [-0.1, -0.05) is 18.3 Å². The molecule has 0 saturated carbocycles. The van der Waals surface area contributed by atoms with Crippen molar-refractivity contribution in [3.8, 4) is 0 Å². The van der Waals surface area contributed by atoms with E-state index in [4.69, 9.17) is 18.0 Å². The molecule has 0 aromatic heterocycles. The van der Waals surface area contributed by atoms with Crippen molar-refractivity contribution in [3.63, 3.8) is 0 Å². The van der Waals surface area contributed by atoms with Crippen LogP contribution in [0.25, 0.3) is 0 Å². The van der Waals surface area contributed by atoms with Crippen molar-refractivity contribution < 1.29 is 18.0 Å². The summed E-state index contributed by atoms with van der Waals surface area (Å²) in [5, 5.41) is 2.44. The van der Waals surface area contributed by atoms with Gasteiger partial charge in [-0.15, -0.1) is 0 Å². The summed E-state index contributed by atoms with van der Waals surface area (Å²) >= 11 is 4.78. The number of hydrogen-bond acceptors (Lipinski definition) is 2. The molecule has 0 fully saturated rings. The molecule has 0 atom stereocenters. The third-order valence-electron chi connectivity index (χ3n) is 3.00. The quantitative estimate of drug-likeness (QED) is 0.843. The fourth-order valence-electron chi connectivity index (χ4n) is 1.32. The van der Waals surface area contributed by atoms with Crippen LogP contribution in [0.1, 0.15) is 25.0 Å². The highest BCUT2D eigenvalue weighted by atomic mass is 32.1. The van der Waals surface area contributed by atoms with E-state index in [9.17, 15) is 18.0 Å². The number of anilines is 1. The number of amides is 1. The Morgan fingerprint density at radius 1 is 1.30 bits per heavy atom. The zero-order valence-corrected chi connectivity index (χ0v) is 12.1. The number of thiocarbonyl (C=S) groups is 1. The van der Waals surface area contributed by atoms with Crippen LogP contribution in [0.3, 0.4) is 0 Å². The van der Waals surface area contributed by atoms with Gasteiger partial charge in [0, 0.05) is 5.69 Å². The largest absolute Gasteiger partial charge is 0.416 e. The Bertz CT molecular complexity index is 553. The van der Waals surface area contributed by atoms with E-state index in [1.165, 1.54) is 19.9 Å². The minimum absolute atomic E-state index is 0.0281. The second-order valence-corrected chi connectivity index (χ2v) is 5.41. The van der Waals surface area contributed by atoms with Gasteiger partial charge in [0.2, 0.25) is 5.91 Å². The molecule has 0 heterocycles. The molecule has 0 saturated heterocycles. The molecule has 0 spiro atoms. The third kappa shape index (κ3) is 3.47. The Hall–Kier alpha value is -1.63. The van der Waals surface area contributed by atoms with Crippen molar-refractivity contribution in [1.82, 2.24) is 0 Å². The Kier molecular flexibility index (Phi) is 4.43. The molecule has 110 valence electrons. The number of alkyl halides is 3. The van der Waals surface area contributed by atoms with Crippen LogP contribution < -0.4 is 11.1 Å². The van der Waals surface area contributed by atoms with Crippen molar-refractivity contribution >= 4 is 28.8 Å². The van der Waals surface area contributed by atoms with Crippen LogP contribution in [0.4, 0.5) is 18.9 Å². The van der Waals surface area contributed by atoms with Gasteiger partial charge in [0.15, 0.2) is 0 Å². The molecule has 0 aliphatic heterocycles. The van der Waals surface area contributed by atoms with Crippen molar-refractivity contribution in [2.24, 2.45) is 11.1 Å². The Labute approximate surface area is 120 Å². The van der Waals surface area contributed by atoms with Crippen LogP contribution >= 0.6 is 12.2 Å². The highest BCUT2D eigenvalue weighted by molar-refractivity contribution is 7.80. The van der Waals surface area contributed by atoms with Crippen molar-refractivity contribution in [1.29, 1.82) is 0 Å². The lowest BCUT2D eigenvalue weighted by atomic mass is 9.92. The van der Waals surface area contributed by atoms with Gasteiger partial charge in [0.25, 0.3) is 0 Å². The molecular formula is C13H15F3N2OS. The molecule has 3 nitrogen and oxygen atoms in total. The predicted octanol–water partition coefficient (Wildman–Crippen LogP) is 3.26. The van der Waals surface area contributed by atoms with Gasteiger partial charge in [0.1, 0.15) is 0 Å². The lowest BCUT2D eigenvalue weighted by molar-refractivity contribution is -0.137. The summed E-state index contributed by atoms with van der Waals surface area (Å²) in [5.74, 6) is -0.549.